The monoisotopic (exact) mass is 252 g/mol. The lowest BCUT2D eigenvalue weighted by molar-refractivity contribution is 0.142. The summed E-state index contributed by atoms with van der Waals surface area (Å²) >= 11 is 0. The molecular formula is C10H24N2O3S. The first-order valence-corrected chi connectivity index (χ1v) is 7.15. The Bertz CT molecular complexity index is 276. The second-order valence-corrected chi connectivity index (χ2v) is 5.98. The molecule has 0 aromatic rings. The molecule has 0 aliphatic carbocycles. The Kier molecular flexibility index (Phi) is 7.14. The maximum Gasteiger partial charge on any atom is 0.218 e. The lowest BCUT2D eigenvalue weighted by Crippen LogP contribution is -2.47. The number of sulfonamides is 1. The van der Waals surface area contributed by atoms with E-state index in [-0.39, 0.29) is 12.6 Å². The lowest BCUT2D eigenvalue weighted by atomic mass is 10.3. The number of methoxy groups -OCH3 is 1. The standard InChI is InChI=1S/C10H24N2O3S/c1-5-10(7-11)16(13,14)12(6-2)9(3)8-15-4/h9-10H,5-8,11H2,1-4H3. The maximum absolute atomic E-state index is 12.2. The molecule has 0 bridgehead atoms. The molecule has 0 saturated carbocycles. The summed E-state index contributed by atoms with van der Waals surface area (Å²) in [7, 11) is -1.74. The minimum atomic E-state index is -3.31. The fourth-order valence-electron chi connectivity index (χ4n) is 1.76. The summed E-state index contributed by atoms with van der Waals surface area (Å²) in [5, 5.41) is -0.494. The largest absolute Gasteiger partial charge is 0.383 e. The van der Waals surface area contributed by atoms with Gasteiger partial charge in [0.05, 0.1) is 11.9 Å². The van der Waals surface area contributed by atoms with Gasteiger partial charge in [0.15, 0.2) is 0 Å². The Hall–Kier alpha value is -0.170. The van der Waals surface area contributed by atoms with Crippen LogP contribution >= 0.6 is 0 Å². The van der Waals surface area contributed by atoms with Gasteiger partial charge in [0.2, 0.25) is 10.0 Å². The van der Waals surface area contributed by atoms with Crippen molar-refractivity contribution in [2.24, 2.45) is 5.73 Å². The van der Waals surface area contributed by atoms with E-state index in [0.29, 0.717) is 19.6 Å². The van der Waals surface area contributed by atoms with Crippen molar-refractivity contribution in [2.75, 3.05) is 26.8 Å². The zero-order valence-electron chi connectivity index (χ0n) is 10.6. The van der Waals surface area contributed by atoms with E-state index >= 15 is 0 Å². The van der Waals surface area contributed by atoms with Gasteiger partial charge in [0.1, 0.15) is 0 Å². The first kappa shape index (κ1) is 15.8. The topological polar surface area (TPSA) is 72.6 Å². The number of hydrogen-bond donors (Lipinski definition) is 1. The lowest BCUT2D eigenvalue weighted by Gasteiger charge is -2.30. The van der Waals surface area contributed by atoms with Crippen LogP contribution in [0.3, 0.4) is 0 Å². The van der Waals surface area contributed by atoms with Gasteiger partial charge in [0.25, 0.3) is 0 Å². The van der Waals surface area contributed by atoms with Crippen LogP contribution in [0.25, 0.3) is 0 Å². The highest BCUT2D eigenvalue weighted by Crippen LogP contribution is 2.15. The van der Waals surface area contributed by atoms with Crippen LogP contribution in [0.5, 0.6) is 0 Å². The molecule has 5 nitrogen and oxygen atoms in total. The molecule has 0 spiro atoms. The summed E-state index contributed by atoms with van der Waals surface area (Å²) in [4.78, 5) is 0. The number of rotatable bonds is 8. The molecule has 0 aliphatic rings. The summed E-state index contributed by atoms with van der Waals surface area (Å²) in [5.41, 5.74) is 5.50. The van der Waals surface area contributed by atoms with Crippen LogP contribution < -0.4 is 5.73 Å². The fraction of sp³-hybridized carbons (Fsp3) is 1.00. The van der Waals surface area contributed by atoms with E-state index < -0.39 is 15.3 Å². The van der Waals surface area contributed by atoms with Gasteiger partial charge >= 0.3 is 0 Å². The minimum Gasteiger partial charge on any atom is -0.383 e. The average Bonchev–Trinajstić information content (AvgIpc) is 2.19. The Morgan fingerprint density at radius 2 is 1.94 bits per heavy atom. The van der Waals surface area contributed by atoms with Gasteiger partial charge in [-0.15, -0.1) is 0 Å². The number of ether oxygens (including phenoxy) is 1. The molecule has 0 radical (unpaired) electrons. The van der Waals surface area contributed by atoms with E-state index in [1.807, 2.05) is 20.8 Å². The summed E-state index contributed by atoms with van der Waals surface area (Å²) in [6.45, 7) is 6.51. The highest BCUT2D eigenvalue weighted by atomic mass is 32.2. The predicted octanol–water partition coefficient (Wildman–Crippen LogP) is 0.410. The molecule has 16 heavy (non-hydrogen) atoms. The molecule has 0 aliphatic heterocycles. The van der Waals surface area contributed by atoms with E-state index in [9.17, 15) is 8.42 Å². The second kappa shape index (κ2) is 7.21. The SMILES string of the molecule is CCC(CN)S(=O)(=O)N(CC)C(C)COC. The number of nitrogens with two attached hydrogens (primary N) is 1. The molecular weight excluding hydrogens is 228 g/mol. The summed E-state index contributed by atoms with van der Waals surface area (Å²) in [6, 6.07) is -0.152. The fourth-order valence-corrected chi connectivity index (χ4v) is 3.73. The van der Waals surface area contributed by atoms with Crippen molar-refractivity contribution in [1.29, 1.82) is 0 Å². The third kappa shape index (κ3) is 3.69. The van der Waals surface area contributed by atoms with Crippen LogP contribution in [0, 0.1) is 0 Å². The average molecular weight is 252 g/mol. The van der Waals surface area contributed by atoms with Gasteiger partial charge in [-0.25, -0.2) is 8.42 Å². The molecule has 2 unspecified atom stereocenters. The Labute approximate surface area is 99.0 Å². The van der Waals surface area contributed by atoms with Crippen molar-refractivity contribution >= 4 is 10.0 Å². The highest BCUT2D eigenvalue weighted by Gasteiger charge is 2.31. The predicted molar refractivity (Wildman–Crippen MR) is 65.8 cm³/mol. The van der Waals surface area contributed by atoms with Gasteiger partial charge in [-0.2, -0.15) is 4.31 Å². The quantitative estimate of drug-likeness (QED) is 0.679. The van der Waals surface area contributed by atoms with E-state index in [1.54, 1.807) is 7.11 Å². The Morgan fingerprint density at radius 3 is 2.25 bits per heavy atom. The van der Waals surface area contributed by atoms with Gasteiger partial charge in [-0.1, -0.05) is 13.8 Å². The van der Waals surface area contributed by atoms with Crippen LogP contribution in [0.4, 0.5) is 0 Å². The molecule has 0 rings (SSSR count). The molecule has 0 aromatic heterocycles. The first-order chi connectivity index (χ1) is 7.45. The van der Waals surface area contributed by atoms with Crippen molar-refractivity contribution in [3.05, 3.63) is 0 Å². The van der Waals surface area contributed by atoms with E-state index in [1.165, 1.54) is 4.31 Å². The zero-order valence-corrected chi connectivity index (χ0v) is 11.5. The molecule has 2 N–H and O–H groups in total. The first-order valence-electron chi connectivity index (χ1n) is 5.65. The normalized spacial score (nSPS) is 16.4. The van der Waals surface area contributed by atoms with Crippen molar-refractivity contribution in [1.82, 2.24) is 4.31 Å². The molecule has 6 heteroatoms. The summed E-state index contributed by atoms with van der Waals surface area (Å²) < 4.78 is 30.9. The summed E-state index contributed by atoms with van der Waals surface area (Å²) in [6.07, 6.45) is 0.537. The smallest absolute Gasteiger partial charge is 0.218 e. The van der Waals surface area contributed by atoms with Gasteiger partial charge < -0.3 is 10.5 Å². The minimum absolute atomic E-state index is 0.152. The molecule has 98 valence electrons. The Morgan fingerprint density at radius 1 is 1.38 bits per heavy atom. The van der Waals surface area contributed by atoms with Gasteiger partial charge in [0, 0.05) is 26.2 Å². The third-order valence-corrected chi connectivity index (χ3v) is 5.32. The zero-order chi connectivity index (χ0) is 12.8. The third-order valence-electron chi connectivity index (χ3n) is 2.68. The second-order valence-electron chi connectivity index (χ2n) is 3.82. The van der Waals surface area contributed by atoms with E-state index in [2.05, 4.69) is 0 Å². The summed E-state index contributed by atoms with van der Waals surface area (Å²) in [5.74, 6) is 0. The van der Waals surface area contributed by atoms with Crippen molar-refractivity contribution in [3.63, 3.8) is 0 Å². The van der Waals surface area contributed by atoms with Crippen LogP contribution in [0.1, 0.15) is 27.2 Å². The van der Waals surface area contributed by atoms with Crippen molar-refractivity contribution in [3.8, 4) is 0 Å². The molecule has 0 fully saturated rings. The molecule has 0 amide bonds. The van der Waals surface area contributed by atoms with Gasteiger partial charge in [-0.3, -0.25) is 0 Å². The van der Waals surface area contributed by atoms with Crippen molar-refractivity contribution in [2.45, 2.75) is 38.5 Å². The van der Waals surface area contributed by atoms with Crippen LogP contribution in [-0.2, 0) is 14.8 Å². The van der Waals surface area contributed by atoms with E-state index in [4.69, 9.17) is 10.5 Å². The van der Waals surface area contributed by atoms with Crippen molar-refractivity contribution < 1.29 is 13.2 Å². The van der Waals surface area contributed by atoms with E-state index in [0.717, 1.165) is 0 Å². The van der Waals surface area contributed by atoms with Crippen LogP contribution in [0.2, 0.25) is 0 Å². The van der Waals surface area contributed by atoms with Crippen LogP contribution in [0.15, 0.2) is 0 Å². The molecule has 0 saturated heterocycles. The molecule has 0 heterocycles. The molecule has 2 atom stereocenters. The number of hydrogen-bond acceptors (Lipinski definition) is 4. The highest BCUT2D eigenvalue weighted by molar-refractivity contribution is 7.89. The Balaban J connectivity index is 4.92. The maximum atomic E-state index is 12.2. The number of nitrogens with zero attached hydrogens (tertiary/aromatic N) is 1. The van der Waals surface area contributed by atoms with Crippen LogP contribution in [-0.4, -0.2) is 50.8 Å². The molecule has 0 aromatic carbocycles. The van der Waals surface area contributed by atoms with Gasteiger partial charge in [-0.05, 0) is 13.3 Å². The number of likely N-dealkylation sites (N-methyl/N-ethyl adjacent to an activating group) is 1.